The molecule has 0 fully saturated rings. The van der Waals surface area contributed by atoms with Crippen molar-refractivity contribution >= 4 is 45.5 Å². The van der Waals surface area contributed by atoms with E-state index in [0.717, 1.165) is 8.45 Å². The highest BCUT2D eigenvalue weighted by Gasteiger charge is 2.12. The number of carbonyl (C=O) groups excluding carboxylic acids is 1. The number of aromatic nitrogens is 2. The second-order valence-electron chi connectivity index (χ2n) is 4.46. The standard InChI is InChI=1S/C15H12IN3OS/c16-13-6-7-21-14(13)15(20)18-12-8-17-19(10-12)9-11-4-2-1-3-5-11/h1-8,10H,9H2,(H,18,20). The second kappa shape index (κ2) is 6.40. The van der Waals surface area contributed by atoms with E-state index in [1.54, 1.807) is 6.20 Å². The molecule has 106 valence electrons. The van der Waals surface area contributed by atoms with E-state index in [9.17, 15) is 4.79 Å². The number of carbonyl (C=O) groups is 1. The van der Waals surface area contributed by atoms with Crippen molar-refractivity contribution < 1.29 is 4.79 Å². The second-order valence-corrected chi connectivity index (χ2v) is 6.54. The van der Waals surface area contributed by atoms with Gasteiger partial charge in [-0.05, 0) is 39.6 Å². The molecule has 0 radical (unpaired) electrons. The number of hydrogen-bond acceptors (Lipinski definition) is 3. The number of rotatable bonds is 4. The number of nitrogens with one attached hydrogen (secondary N) is 1. The van der Waals surface area contributed by atoms with Crippen molar-refractivity contribution in [2.45, 2.75) is 6.54 Å². The van der Waals surface area contributed by atoms with Crippen molar-refractivity contribution in [3.63, 3.8) is 0 Å². The van der Waals surface area contributed by atoms with Gasteiger partial charge in [0, 0.05) is 9.77 Å². The van der Waals surface area contributed by atoms with Gasteiger partial charge in [-0.2, -0.15) is 5.10 Å². The Balaban J connectivity index is 1.68. The van der Waals surface area contributed by atoms with Crippen LogP contribution in [0.1, 0.15) is 15.2 Å². The summed E-state index contributed by atoms with van der Waals surface area (Å²) in [7, 11) is 0. The molecule has 4 nitrogen and oxygen atoms in total. The maximum Gasteiger partial charge on any atom is 0.266 e. The lowest BCUT2D eigenvalue weighted by atomic mass is 10.2. The summed E-state index contributed by atoms with van der Waals surface area (Å²) in [5.41, 5.74) is 1.88. The molecule has 3 aromatic rings. The predicted octanol–water partition coefficient (Wildman–Crippen LogP) is 3.85. The molecule has 1 amide bonds. The zero-order valence-corrected chi connectivity index (χ0v) is 14.0. The Morgan fingerprint density at radius 2 is 2.10 bits per heavy atom. The molecule has 2 aromatic heterocycles. The molecule has 21 heavy (non-hydrogen) atoms. The van der Waals surface area contributed by atoms with E-state index in [-0.39, 0.29) is 5.91 Å². The molecule has 1 aromatic carbocycles. The molecule has 6 heteroatoms. The van der Waals surface area contributed by atoms with Gasteiger partial charge in [0.05, 0.1) is 18.4 Å². The number of thiophene rings is 1. The van der Waals surface area contributed by atoms with E-state index in [0.29, 0.717) is 12.2 Å². The molecule has 0 saturated heterocycles. The first kappa shape index (κ1) is 14.3. The molecule has 0 spiro atoms. The highest BCUT2D eigenvalue weighted by Crippen LogP contribution is 2.20. The Hall–Kier alpha value is -1.67. The van der Waals surface area contributed by atoms with Gasteiger partial charge >= 0.3 is 0 Å². The van der Waals surface area contributed by atoms with Crippen LogP contribution in [0.25, 0.3) is 0 Å². The molecule has 0 bridgehead atoms. The molecule has 2 heterocycles. The van der Waals surface area contributed by atoms with E-state index in [4.69, 9.17) is 0 Å². The van der Waals surface area contributed by atoms with Crippen molar-refractivity contribution in [3.05, 3.63) is 68.2 Å². The lowest BCUT2D eigenvalue weighted by Gasteiger charge is -2.02. The quantitative estimate of drug-likeness (QED) is 0.666. The maximum atomic E-state index is 12.1. The van der Waals surface area contributed by atoms with Gasteiger partial charge in [0.2, 0.25) is 0 Å². The van der Waals surface area contributed by atoms with Crippen molar-refractivity contribution in [1.82, 2.24) is 9.78 Å². The van der Waals surface area contributed by atoms with Gasteiger partial charge in [-0.1, -0.05) is 30.3 Å². The van der Waals surface area contributed by atoms with Crippen LogP contribution in [0.5, 0.6) is 0 Å². The van der Waals surface area contributed by atoms with Gasteiger partial charge in [0.25, 0.3) is 5.91 Å². The fraction of sp³-hybridized carbons (Fsp3) is 0.0667. The van der Waals surface area contributed by atoms with E-state index in [2.05, 4.69) is 33.0 Å². The Bertz CT molecular complexity index is 751. The summed E-state index contributed by atoms with van der Waals surface area (Å²) in [5, 5.41) is 9.06. The SMILES string of the molecule is O=C(Nc1cnn(Cc2ccccc2)c1)c1sccc1I. The molecular formula is C15H12IN3OS. The van der Waals surface area contributed by atoms with Crippen LogP contribution in [0.4, 0.5) is 5.69 Å². The zero-order chi connectivity index (χ0) is 14.7. The first-order valence-electron chi connectivity index (χ1n) is 6.33. The van der Waals surface area contributed by atoms with Gasteiger partial charge in [0.15, 0.2) is 0 Å². The maximum absolute atomic E-state index is 12.1. The first-order chi connectivity index (χ1) is 10.2. The minimum absolute atomic E-state index is 0.0892. The fourth-order valence-electron chi connectivity index (χ4n) is 1.93. The third-order valence-electron chi connectivity index (χ3n) is 2.90. The average molecular weight is 409 g/mol. The fourth-order valence-corrected chi connectivity index (χ4v) is 3.66. The molecule has 0 aliphatic carbocycles. The summed E-state index contributed by atoms with van der Waals surface area (Å²) in [5.74, 6) is -0.0892. The summed E-state index contributed by atoms with van der Waals surface area (Å²) in [6.07, 6.45) is 3.51. The Kier molecular flexibility index (Phi) is 4.35. The van der Waals surface area contributed by atoms with Gasteiger partial charge < -0.3 is 5.32 Å². The van der Waals surface area contributed by atoms with E-state index < -0.39 is 0 Å². The number of hydrogen-bond donors (Lipinski definition) is 1. The van der Waals surface area contributed by atoms with E-state index >= 15 is 0 Å². The summed E-state index contributed by atoms with van der Waals surface area (Å²) >= 11 is 3.60. The Morgan fingerprint density at radius 1 is 1.29 bits per heavy atom. The third-order valence-corrected chi connectivity index (χ3v) is 5.08. The largest absolute Gasteiger partial charge is 0.319 e. The van der Waals surface area contributed by atoms with Crippen LogP contribution >= 0.6 is 33.9 Å². The van der Waals surface area contributed by atoms with Crippen LogP contribution in [0.15, 0.2) is 54.2 Å². The first-order valence-corrected chi connectivity index (χ1v) is 8.29. The Morgan fingerprint density at radius 3 is 2.81 bits per heavy atom. The topological polar surface area (TPSA) is 46.9 Å². The zero-order valence-electron chi connectivity index (χ0n) is 11.0. The average Bonchev–Trinajstić information content (AvgIpc) is 3.09. The van der Waals surface area contributed by atoms with Crippen molar-refractivity contribution in [2.24, 2.45) is 0 Å². The van der Waals surface area contributed by atoms with Crippen LogP contribution in [-0.4, -0.2) is 15.7 Å². The Labute approximate surface area is 139 Å². The lowest BCUT2D eigenvalue weighted by Crippen LogP contribution is -2.10. The monoisotopic (exact) mass is 409 g/mol. The van der Waals surface area contributed by atoms with Crippen LogP contribution in [-0.2, 0) is 6.54 Å². The smallest absolute Gasteiger partial charge is 0.266 e. The number of amides is 1. The third kappa shape index (κ3) is 3.51. The van der Waals surface area contributed by atoms with Crippen LogP contribution in [0.2, 0.25) is 0 Å². The summed E-state index contributed by atoms with van der Waals surface area (Å²) < 4.78 is 2.77. The minimum atomic E-state index is -0.0892. The summed E-state index contributed by atoms with van der Waals surface area (Å²) in [6.45, 7) is 0.688. The number of halogens is 1. The van der Waals surface area contributed by atoms with Gasteiger partial charge in [-0.15, -0.1) is 11.3 Å². The molecule has 3 rings (SSSR count). The van der Waals surface area contributed by atoms with E-state index in [1.165, 1.54) is 16.9 Å². The summed E-state index contributed by atoms with van der Waals surface area (Å²) in [4.78, 5) is 12.8. The molecule has 0 aliphatic heterocycles. The van der Waals surface area contributed by atoms with E-state index in [1.807, 2.05) is 52.7 Å². The van der Waals surface area contributed by atoms with Crippen LogP contribution in [0, 0.1) is 3.57 Å². The number of benzene rings is 1. The number of anilines is 1. The molecule has 0 unspecified atom stereocenters. The normalized spacial score (nSPS) is 10.5. The summed E-state index contributed by atoms with van der Waals surface area (Å²) in [6, 6.07) is 12.0. The van der Waals surface area contributed by atoms with Crippen molar-refractivity contribution in [2.75, 3.05) is 5.32 Å². The van der Waals surface area contributed by atoms with Gasteiger partial charge in [-0.25, -0.2) is 0 Å². The van der Waals surface area contributed by atoms with Crippen molar-refractivity contribution in [3.8, 4) is 0 Å². The van der Waals surface area contributed by atoms with Gasteiger partial charge in [-0.3, -0.25) is 9.48 Å². The number of nitrogens with zero attached hydrogens (tertiary/aromatic N) is 2. The van der Waals surface area contributed by atoms with Crippen molar-refractivity contribution in [1.29, 1.82) is 0 Å². The van der Waals surface area contributed by atoms with Gasteiger partial charge in [0.1, 0.15) is 4.88 Å². The predicted molar refractivity (Wildman–Crippen MR) is 92.8 cm³/mol. The molecule has 1 N–H and O–H groups in total. The molecular weight excluding hydrogens is 397 g/mol. The minimum Gasteiger partial charge on any atom is -0.319 e. The van der Waals surface area contributed by atoms with Crippen LogP contribution < -0.4 is 5.32 Å². The molecule has 0 aliphatic rings. The highest BCUT2D eigenvalue weighted by molar-refractivity contribution is 14.1. The lowest BCUT2D eigenvalue weighted by molar-refractivity contribution is 0.103. The molecule has 0 atom stereocenters. The molecule has 0 saturated carbocycles. The van der Waals surface area contributed by atoms with Crippen LogP contribution in [0.3, 0.4) is 0 Å². The highest BCUT2D eigenvalue weighted by atomic mass is 127.